The van der Waals surface area contributed by atoms with Crippen LogP contribution >= 0.6 is 0 Å². The van der Waals surface area contributed by atoms with E-state index < -0.39 is 0 Å². The van der Waals surface area contributed by atoms with E-state index in [4.69, 9.17) is 9.26 Å². The Labute approximate surface area is 124 Å². The van der Waals surface area contributed by atoms with E-state index in [0.717, 1.165) is 13.0 Å². The van der Waals surface area contributed by atoms with E-state index in [1.165, 1.54) is 11.1 Å². The van der Waals surface area contributed by atoms with Crippen molar-refractivity contribution in [2.24, 2.45) is 5.92 Å². The first-order valence-corrected chi connectivity index (χ1v) is 7.35. The van der Waals surface area contributed by atoms with Gasteiger partial charge in [-0.1, -0.05) is 43.3 Å². The summed E-state index contributed by atoms with van der Waals surface area (Å²) in [5.41, 5.74) is 2.68. The number of methoxy groups -OCH3 is 1. The molecule has 1 unspecified atom stereocenters. The van der Waals surface area contributed by atoms with Crippen molar-refractivity contribution < 1.29 is 9.26 Å². The molecular formula is C16H21N3O2. The zero-order chi connectivity index (χ0) is 14.8. The lowest BCUT2D eigenvalue weighted by molar-refractivity contribution is 0.0555. The molecule has 2 atom stereocenters. The third-order valence-electron chi connectivity index (χ3n) is 3.95. The summed E-state index contributed by atoms with van der Waals surface area (Å²) >= 11 is 0. The Hall–Kier alpha value is -1.72. The van der Waals surface area contributed by atoms with E-state index in [0.29, 0.717) is 17.6 Å². The summed E-state index contributed by atoms with van der Waals surface area (Å²) in [6.07, 6.45) is 0.746. The van der Waals surface area contributed by atoms with Crippen molar-refractivity contribution in [2.75, 3.05) is 7.11 Å². The van der Waals surface area contributed by atoms with Gasteiger partial charge in [0.2, 0.25) is 11.7 Å². The summed E-state index contributed by atoms with van der Waals surface area (Å²) in [7, 11) is 1.68. The molecule has 0 spiro atoms. The number of nitrogens with zero attached hydrogens (tertiary/aromatic N) is 2. The number of ether oxygens (including phenoxy) is 1. The molecule has 5 heteroatoms. The second kappa shape index (κ2) is 5.95. The molecule has 0 bridgehead atoms. The van der Waals surface area contributed by atoms with Gasteiger partial charge in [-0.15, -0.1) is 0 Å². The molecule has 1 aromatic heterocycles. The normalized spacial score (nSPS) is 19.5. The Bertz CT molecular complexity index is 609. The minimum Gasteiger partial charge on any atom is -0.373 e. The SMILES string of the molecule is COC(c1noc([C@H]2Cc3ccccc3CN2)n1)C(C)C. The molecule has 1 aromatic carbocycles. The van der Waals surface area contributed by atoms with Crippen LogP contribution in [0, 0.1) is 5.92 Å². The summed E-state index contributed by atoms with van der Waals surface area (Å²) in [5.74, 6) is 1.57. The van der Waals surface area contributed by atoms with Crippen molar-refractivity contribution in [1.82, 2.24) is 15.5 Å². The Morgan fingerprint density at radius 1 is 1.29 bits per heavy atom. The van der Waals surface area contributed by atoms with Crippen LogP contribution in [0.5, 0.6) is 0 Å². The number of hydrogen-bond donors (Lipinski definition) is 1. The minimum absolute atomic E-state index is 0.0748. The van der Waals surface area contributed by atoms with Gasteiger partial charge in [-0.05, 0) is 23.5 Å². The van der Waals surface area contributed by atoms with Gasteiger partial charge in [-0.3, -0.25) is 0 Å². The molecule has 0 saturated heterocycles. The largest absolute Gasteiger partial charge is 0.373 e. The van der Waals surface area contributed by atoms with Crippen LogP contribution in [-0.4, -0.2) is 17.3 Å². The molecule has 0 fully saturated rings. The summed E-state index contributed by atoms with van der Waals surface area (Å²) in [4.78, 5) is 4.53. The first-order chi connectivity index (χ1) is 10.2. The molecule has 5 nitrogen and oxygen atoms in total. The van der Waals surface area contributed by atoms with Crippen LogP contribution in [0.15, 0.2) is 28.8 Å². The van der Waals surface area contributed by atoms with Gasteiger partial charge in [-0.2, -0.15) is 4.98 Å². The highest BCUT2D eigenvalue weighted by Crippen LogP contribution is 2.27. The summed E-state index contributed by atoms with van der Waals surface area (Å²) in [6.45, 7) is 5.00. The minimum atomic E-state index is -0.127. The van der Waals surface area contributed by atoms with Gasteiger partial charge in [0.25, 0.3) is 0 Å². The van der Waals surface area contributed by atoms with E-state index in [2.05, 4.69) is 53.6 Å². The number of rotatable bonds is 4. The maximum absolute atomic E-state index is 5.45. The van der Waals surface area contributed by atoms with E-state index in [1.807, 2.05) is 0 Å². The van der Waals surface area contributed by atoms with Gasteiger partial charge >= 0.3 is 0 Å². The van der Waals surface area contributed by atoms with Crippen LogP contribution in [0.3, 0.4) is 0 Å². The maximum atomic E-state index is 5.45. The molecule has 0 saturated carbocycles. The molecule has 21 heavy (non-hydrogen) atoms. The van der Waals surface area contributed by atoms with Gasteiger partial charge in [0, 0.05) is 13.7 Å². The molecule has 0 aliphatic carbocycles. The van der Waals surface area contributed by atoms with E-state index in [9.17, 15) is 0 Å². The Kier molecular flexibility index (Phi) is 4.03. The third kappa shape index (κ3) is 2.84. The lowest BCUT2D eigenvalue weighted by atomic mass is 9.96. The van der Waals surface area contributed by atoms with Crippen LogP contribution in [0.1, 0.15) is 48.8 Å². The quantitative estimate of drug-likeness (QED) is 0.937. The number of benzene rings is 1. The zero-order valence-corrected chi connectivity index (χ0v) is 12.7. The lowest BCUT2D eigenvalue weighted by Gasteiger charge is -2.23. The summed E-state index contributed by atoms with van der Waals surface area (Å²) in [5, 5.41) is 7.54. The van der Waals surface area contributed by atoms with Gasteiger partial charge in [0.15, 0.2) is 0 Å². The zero-order valence-electron chi connectivity index (χ0n) is 12.7. The highest BCUT2D eigenvalue weighted by molar-refractivity contribution is 5.30. The monoisotopic (exact) mass is 287 g/mol. The average Bonchev–Trinajstić information content (AvgIpc) is 2.96. The van der Waals surface area contributed by atoms with Crippen LogP contribution in [-0.2, 0) is 17.7 Å². The Morgan fingerprint density at radius 2 is 2.05 bits per heavy atom. The van der Waals surface area contributed by atoms with Gasteiger partial charge in [0.1, 0.15) is 6.10 Å². The van der Waals surface area contributed by atoms with Crippen LogP contribution in [0.25, 0.3) is 0 Å². The topological polar surface area (TPSA) is 60.2 Å². The molecule has 3 rings (SSSR count). The molecule has 1 aliphatic heterocycles. The Morgan fingerprint density at radius 3 is 2.76 bits per heavy atom. The number of aromatic nitrogens is 2. The van der Waals surface area contributed by atoms with Gasteiger partial charge < -0.3 is 14.6 Å². The van der Waals surface area contributed by atoms with Crippen LogP contribution < -0.4 is 5.32 Å². The van der Waals surface area contributed by atoms with Crippen molar-refractivity contribution in [3.05, 3.63) is 47.1 Å². The van der Waals surface area contributed by atoms with E-state index in [-0.39, 0.29) is 12.1 Å². The fourth-order valence-corrected chi connectivity index (χ4v) is 2.81. The molecule has 2 heterocycles. The first kappa shape index (κ1) is 14.2. The fraction of sp³-hybridized carbons (Fsp3) is 0.500. The average molecular weight is 287 g/mol. The van der Waals surface area contributed by atoms with Crippen LogP contribution in [0.2, 0.25) is 0 Å². The number of fused-ring (bicyclic) bond motifs is 1. The first-order valence-electron chi connectivity index (χ1n) is 7.35. The van der Waals surface area contributed by atoms with Crippen LogP contribution in [0.4, 0.5) is 0 Å². The van der Waals surface area contributed by atoms with Crippen molar-refractivity contribution >= 4 is 0 Å². The molecule has 1 aliphatic rings. The second-order valence-corrected chi connectivity index (χ2v) is 5.80. The van der Waals surface area contributed by atoms with Crippen molar-refractivity contribution in [2.45, 2.75) is 39.0 Å². The van der Waals surface area contributed by atoms with E-state index >= 15 is 0 Å². The Balaban J connectivity index is 1.79. The molecule has 0 amide bonds. The van der Waals surface area contributed by atoms with Gasteiger partial charge in [-0.25, -0.2) is 0 Å². The second-order valence-electron chi connectivity index (χ2n) is 5.80. The predicted octanol–water partition coefficient (Wildman–Crippen LogP) is 2.80. The maximum Gasteiger partial charge on any atom is 0.244 e. The summed E-state index contributed by atoms with van der Waals surface area (Å²) < 4.78 is 10.9. The molecule has 112 valence electrons. The molecule has 1 N–H and O–H groups in total. The smallest absolute Gasteiger partial charge is 0.244 e. The fourth-order valence-electron chi connectivity index (χ4n) is 2.81. The highest BCUT2D eigenvalue weighted by atomic mass is 16.5. The highest BCUT2D eigenvalue weighted by Gasteiger charge is 2.27. The van der Waals surface area contributed by atoms with Crippen molar-refractivity contribution in [3.8, 4) is 0 Å². The lowest BCUT2D eigenvalue weighted by Crippen LogP contribution is -2.28. The predicted molar refractivity (Wildman–Crippen MR) is 78.6 cm³/mol. The third-order valence-corrected chi connectivity index (χ3v) is 3.95. The molecule has 0 radical (unpaired) electrons. The van der Waals surface area contributed by atoms with E-state index in [1.54, 1.807) is 7.11 Å². The summed E-state index contributed by atoms with van der Waals surface area (Å²) in [6, 6.07) is 8.52. The number of hydrogen-bond acceptors (Lipinski definition) is 5. The number of nitrogens with one attached hydrogen (secondary N) is 1. The van der Waals surface area contributed by atoms with Crippen molar-refractivity contribution in [1.29, 1.82) is 0 Å². The standard InChI is InChI=1S/C16H21N3O2/c1-10(2)14(20-3)15-18-16(21-19-15)13-8-11-6-4-5-7-12(11)9-17-13/h4-7,10,13-14,17H,8-9H2,1-3H3/t13-,14?/m1/s1. The molecule has 2 aromatic rings. The van der Waals surface area contributed by atoms with Crippen molar-refractivity contribution in [3.63, 3.8) is 0 Å². The molecular weight excluding hydrogens is 266 g/mol. The van der Waals surface area contributed by atoms with Gasteiger partial charge in [0.05, 0.1) is 6.04 Å².